The molecule has 4 nitrogen and oxygen atoms in total. The number of carbonyl (C=O) groups is 2. The van der Waals surface area contributed by atoms with Crippen LogP contribution in [0.5, 0.6) is 17.2 Å². The number of hydrogen-bond donors (Lipinski definition) is 0. The molecule has 5 rings (SSSR count). The Balaban J connectivity index is 1.23. The summed E-state index contributed by atoms with van der Waals surface area (Å²) in [6.45, 7) is 12.4. The Labute approximate surface area is 260 Å². The summed E-state index contributed by atoms with van der Waals surface area (Å²) in [4.78, 5) is 25.9. The fraction of sp³-hybridized carbons (Fsp3) is 0.200. The van der Waals surface area contributed by atoms with Gasteiger partial charge in [-0.3, -0.25) is 9.59 Å². The van der Waals surface area contributed by atoms with Crippen LogP contribution in [0.2, 0.25) is 0 Å². The molecule has 222 valence electrons. The van der Waals surface area contributed by atoms with E-state index in [-0.39, 0.29) is 17.0 Å². The van der Waals surface area contributed by atoms with Gasteiger partial charge >= 0.3 is 0 Å². The zero-order chi connectivity index (χ0) is 31.5. The summed E-state index contributed by atoms with van der Waals surface area (Å²) >= 11 is 0. The quantitative estimate of drug-likeness (QED) is 0.162. The van der Waals surface area contributed by atoms with Gasteiger partial charge in [-0.05, 0) is 73.7 Å². The third kappa shape index (κ3) is 7.15. The molecule has 5 aromatic rings. The molecule has 0 unspecified atom stereocenters. The minimum Gasteiger partial charge on any atom is -0.483 e. The molecule has 5 aromatic carbocycles. The molecule has 44 heavy (non-hydrogen) atoms. The van der Waals surface area contributed by atoms with E-state index in [1.807, 2.05) is 118 Å². The molecule has 0 aromatic heterocycles. The van der Waals surface area contributed by atoms with Gasteiger partial charge in [0.1, 0.15) is 22.8 Å². The summed E-state index contributed by atoms with van der Waals surface area (Å²) in [5.74, 6) is 1.86. The van der Waals surface area contributed by atoms with Crippen LogP contribution in [-0.4, -0.2) is 11.6 Å². The van der Waals surface area contributed by atoms with Gasteiger partial charge in [0.15, 0.2) is 11.6 Å². The monoisotopic (exact) mass is 582 g/mol. The van der Waals surface area contributed by atoms with Gasteiger partial charge in [0.05, 0.1) is 0 Å². The lowest BCUT2D eigenvalue weighted by atomic mass is 9.86. The maximum atomic E-state index is 13.0. The molecule has 0 bridgehead atoms. The van der Waals surface area contributed by atoms with Crippen LogP contribution >= 0.6 is 0 Å². The molecule has 0 aliphatic heterocycles. The molecule has 0 N–H and O–H groups in total. The van der Waals surface area contributed by atoms with Crippen molar-refractivity contribution < 1.29 is 19.1 Å². The maximum Gasteiger partial charge on any atom is 0.193 e. The predicted octanol–water partition coefficient (Wildman–Crippen LogP) is 9.86. The lowest BCUT2D eigenvalue weighted by Gasteiger charge is -2.27. The van der Waals surface area contributed by atoms with Gasteiger partial charge in [-0.1, -0.05) is 105 Å². The second kappa shape index (κ2) is 12.3. The fourth-order valence-electron chi connectivity index (χ4n) is 4.95. The molecule has 0 heterocycles. The van der Waals surface area contributed by atoms with Crippen LogP contribution < -0.4 is 9.47 Å². The molecular weight excluding hydrogens is 544 g/mol. The molecule has 4 heteroatoms. The summed E-state index contributed by atoms with van der Waals surface area (Å²) in [6, 6.07) is 37.6. The van der Waals surface area contributed by atoms with Crippen molar-refractivity contribution in [1.82, 2.24) is 0 Å². The third-order valence-electron chi connectivity index (χ3n) is 7.70. The third-order valence-corrected chi connectivity index (χ3v) is 7.70. The van der Waals surface area contributed by atoms with Crippen molar-refractivity contribution in [2.75, 3.05) is 0 Å². The minimum absolute atomic E-state index is 0.00715. The fourth-order valence-corrected chi connectivity index (χ4v) is 4.95. The van der Waals surface area contributed by atoms with Crippen LogP contribution in [0.25, 0.3) is 0 Å². The first-order valence-corrected chi connectivity index (χ1v) is 14.8. The Morgan fingerprint density at radius 1 is 0.500 bits per heavy atom. The predicted molar refractivity (Wildman–Crippen MR) is 176 cm³/mol. The molecular formula is C40H38O4. The molecule has 0 saturated carbocycles. The van der Waals surface area contributed by atoms with Crippen molar-refractivity contribution >= 4 is 11.6 Å². The van der Waals surface area contributed by atoms with Gasteiger partial charge in [-0.15, -0.1) is 0 Å². The number of rotatable bonds is 9. The van der Waals surface area contributed by atoms with Crippen molar-refractivity contribution in [3.8, 4) is 17.2 Å². The van der Waals surface area contributed by atoms with Crippen LogP contribution in [0.15, 0.2) is 121 Å². The topological polar surface area (TPSA) is 52.6 Å². The van der Waals surface area contributed by atoms with Crippen LogP contribution in [0.1, 0.15) is 83.2 Å². The molecule has 0 aliphatic carbocycles. The smallest absolute Gasteiger partial charge is 0.193 e. The normalized spacial score (nSPS) is 11.6. The van der Waals surface area contributed by atoms with E-state index in [4.69, 9.17) is 9.47 Å². The van der Waals surface area contributed by atoms with E-state index in [2.05, 4.69) is 20.8 Å². The Hall–Kier alpha value is -4.96. The number of ether oxygens (including phenoxy) is 2. The molecule has 0 atom stereocenters. The average Bonchev–Trinajstić information content (AvgIpc) is 3.01. The Bertz CT molecular complexity index is 1750. The van der Waals surface area contributed by atoms with Gasteiger partial charge in [0.2, 0.25) is 0 Å². The van der Waals surface area contributed by atoms with Gasteiger partial charge in [0, 0.05) is 28.3 Å². The summed E-state index contributed by atoms with van der Waals surface area (Å²) in [7, 11) is 0. The Kier molecular flexibility index (Phi) is 8.55. The molecule has 0 fully saturated rings. The molecule has 0 spiro atoms. The second-order valence-electron chi connectivity index (χ2n) is 12.6. The van der Waals surface area contributed by atoms with Crippen molar-refractivity contribution in [2.24, 2.45) is 0 Å². The standard InChI is InChI=1S/C40H38O4/c1-27-10-12-28(13-11-27)37(41)30-16-22-33(23-17-30)40(5,6)44-36-9-7-8-35(26-36)43-34-24-18-31(19-25-34)38(42)29-14-20-32(21-15-29)39(2,3)4/h7-26H,1-6H3. The van der Waals surface area contributed by atoms with E-state index >= 15 is 0 Å². The lowest BCUT2D eigenvalue weighted by molar-refractivity contribution is 0.102. The Morgan fingerprint density at radius 3 is 1.43 bits per heavy atom. The van der Waals surface area contributed by atoms with Crippen LogP contribution in [0.3, 0.4) is 0 Å². The van der Waals surface area contributed by atoms with Crippen molar-refractivity contribution in [3.05, 3.63) is 160 Å². The van der Waals surface area contributed by atoms with Crippen molar-refractivity contribution in [1.29, 1.82) is 0 Å². The van der Waals surface area contributed by atoms with E-state index in [0.29, 0.717) is 39.5 Å². The zero-order valence-corrected chi connectivity index (χ0v) is 26.2. The Morgan fingerprint density at radius 2 is 0.932 bits per heavy atom. The highest BCUT2D eigenvalue weighted by molar-refractivity contribution is 6.09. The average molecular weight is 583 g/mol. The number of ketones is 2. The van der Waals surface area contributed by atoms with E-state index in [1.165, 1.54) is 5.56 Å². The highest BCUT2D eigenvalue weighted by atomic mass is 16.5. The highest BCUT2D eigenvalue weighted by Crippen LogP contribution is 2.32. The maximum absolute atomic E-state index is 13.0. The molecule has 0 amide bonds. The highest BCUT2D eigenvalue weighted by Gasteiger charge is 2.24. The van der Waals surface area contributed by atoms with Gasteiger partial charge < -0.3 is 9.47 Å². The van der Waals surface area contributed by atoms with E-state index in [1.54, 1.807) is 24.3 Å². The van der Waals surface area contributed by atoms with E-state index in [0.717, 1.165) is 11.1 Å². The van der Waals surface area contributed by atoms with E-state index in [9.17, 15) is 9.59 Å². The number of aryl methyl sites for hydroxylation is 1. The van der Waals surface area contributed by atoms with Crippen LogP contribution in [0, 0.1) is 6.92 Å². The number of hydrogen-bond acceptors (Lipinski definition) is 4. The van der Waals surface area contributed by atoms with Gasteiger partial charge in [-0.2, -0.15) is 0 Å². The lowest BCUT2D eigenvalue weighted by Crippen LogP contribution is -2.25. The first-order valence-electron chi connectivity index (χ1n) is 14.8. The first kappa shape index (κ1) is 30.5. The van der Waals surface area contributed by atoms with Crippen LogP contribution in [-0.2, 0) is 11.0 Å². The van der Waals surface area contributed by atoms with Gasteiger partial charge in [-0.25, -0.2) is 0 Å². The summed E-state index contributed by atoms with van der Waals surface area (Å²) in [5.41, 5.74) is 5.20. The summed E-state index contributed by atoms with van der Waals surface area (Å²) < 4.78 is 12.5. The zero-order valence-electron chi connectivity index (χ0n) is 26.2. The minimum atomic E-state index is -0.656. The van der Waals surface area contributed by atoms with Gasteiger partial charge in [0.25, 0.3) is 0 Å². The summed E-state index contributed by atoms with van der Waals surface area (Å²) in [5, 5.41) is 0. The summed E-state index contributed by atoms with van der Waals surface area (Å²) in [6.07, 6.45) is 0. The molecule has 0 saturated heterocycles. The van der Waals surface area contributed by atoms with Crippen molar-refractivity contribution in [3.63, 3.8) is 0 Å². The largest absolute Gasteiger partial charge is 0.483 e. The second-order valence-corrected chi connectivity index (χ2v) is 12.6. The number of benzene rings is 5. The molecule has 0 radical (unpaired) electrons. The number of carbonyl (C=O) groups excluding carboxylic acids is 2. The first-order chi connectivity index (χ1) is 20.9. The molecule has 0 aliphatic rings. The van der Waals surface area contributed by atoms with Crippen molar-refractivity contribution in [2.45, 2.75) is 52.6 Å². The van der Waals surface area contributed by atoms with Crippen LogP contribution in [0.4, 0.5) is 0 Å². The SMILES string of the molecule is Cc1ccc(C(=O)c2ccc(C(C)(C)Oc3cccc(Oc4ccc(C(=O)c5ccc(C(C)(C)C)cc5)cc4)c3)cc2)cc1. The van der Waals surface area contributed by atoms with E-state index < -0.39 is 5.60 Å².